The fourth-order valence-electron chi connectivity index (χ4n) is 5.23. The lowest BCUT2D eigenvalue weighted by Gasteiger charge is -2.48. The van der Waals surface area contributed by atoms with Gasteiger partial charge in [0.2, 0.25) is 11.8 Å². The maximum Gasteiger partial charge on any atom is 0.248 e. The highest BCUT2D eigenvalue weighted by Gasteiger charge is 2.65. The van der Waals surface area contributed by atoms with Crippen LogP contribution in [0.5, 0.6) is 0 Å². The molecule has 5 heteroatoms. The summed E-state index contributed by atoms with van der Waals surface area (Å²) in [6, 6.07) is 6.29. The first-order valence-corrected chi connectivity index (χ1v) is 8.83. The number of carbonyl (C=O) groups excluding carboxylic acids is 1. The Morgan fingerprint density at radius 3 is 2.24 bits per heavy atom. The van der Waals surface area contributed by atoms with Crippen molar-refractivity contribution < 1.29 is 18.0 Å². The molecule has 4 rings (SSSR count). The second kappa shape index (κ2) is 5.12. The van der Waals surface area contributed by atoms with Gasteiger partial charge in [0.1, 0.15) is 5.82 Å². The van der Waals surface area contributed by atoms with E-state index in [1.165, 1.54) is 12.1 Å². The van der Waals surface area contributed by atoms with Gasteiger partial charge in [0, 0.05) is 31.2 Å². The summed E-state index contributed by atoms with van der Waals surface area (Å²) < 4.78 is 40.7. The predicted octanol–water partition coefficient (Wildman–Crippen LogP) is 4.80. The average molecular weight is 349 g/mol. The number of nitrogens with zero attached hydrogens (tertiary/aromatic N) is 1. The Kier molecular flexibility index (Phi) is 3.41. The van der Waals surface area contributed by atoms with Gasteiger partial charge in [0.25, 0.3) is 0 Å². The van der Waals surface area contributed by atoms with Crippen LogP contribution >= 0.6 is 0 Å². The minimum absolute atomic E-state index is 0.0455. The summed E-state index contributed by atoms with van der Waals surface area (Å²) in [4.78, 5) is 14.6. The molecule has 2 aliphatic heterocycles. The van der Waals surface area contributed by atoms with Crippen molar-refractivity contribution in [2.75, 3.05) is 6.54 Å². The van der Waals surface area contributed by atoms with Crippen molar-refractivity contribution in [3.8, 4) is 0 Å². The summed E-state index contributed by atoms with van der Waals surface area (Å²) in [5, 5.41) is 0. The molecule has 1 saturated heterocycles. The van der Waals surface area contributed by atoms with Crippen LogP contribution in [0.15, 0.2) is 29.8 Å². The van der Waals surface area contributed by atoms with Crippen LogP contribution in [-0.4, -0.2) is 28.8 Å². The monoisotopic (exact) mass is 349 g/mol. The van der Waals surface area contributed by atoms with Gasteiger partial charge in [-0.3, -0.25) is 4.79 Å². The van der Waals surface area contributed by atoms with Crippen LogP contribution in [0.4, 0.5) is 13.2 Å². The molecule has 2 heterocycles. The molecule has 2 fully saturated rings. The van der Waals surface area contributed by atoms with E-state index < -0.39 is 16.9 Å². The van der Waals surface area contributed by atoms with E-state index in [-0.39, 0.29) is 24.6 Å². The highest BCUT2D eigenvalue weighted by atomic mass is 19.3. The van der Waals surface area contributed by atoms with Crippen molar-refractivity contribution in [3.05, 3.63) is 41.2 Å². The molecule has 2 nitrogen and oxygen atoms in total. The molecule has 3 aliphatic rings. The molecular weight excluding hydrogens is 327 g/mol. The highest BCUT2D eigenvalue weighted by molar-refractivity contribution is 5.89. The molecule has 134 valence electrons. The van der Waals surface area contributed by atoms with Gasteiger partial charge in [-0.1, -0.05) is 12.1 Å². The second-order valence-electron chi connectivity index (χ2n) is 7.98. The molecule has 1 aromatic carbocycles. The standard InChI is InChI=1S/C20H22F3NO/c1-13-16(14-3-5-15(21)6-4-14)12-24-17(25)11-19(18(13,24)2)7-9-20(22,23)10-8-19/h3-6H,7-12H2,1-2H3. The summed E-state index contributed by atoms with van der Waals surface area (Å²) >= 11 is 0. The molecule has 1 saturated carbocycles. The molecule has 0 radical (unpaired) electrons. The Balaban J connectivity index is 1.77. The number of hydrogen-bond donors (Lipinski definition) is 0. The Morgan fingerprint density at radius 1 is 1.04 bits per heavy atom. The Morgan fingerprint density at radius 2 is 1.64 bits per heavy atom. The summed E-state index contributed by atoms with van der Waals surface area (Å²) in [5.74, 6) is -2.87. The molecule has 1 aromatic rings. The van der Waals surface area contributed by atoms with E-state index in [1.807, 2.05) is 18.7 Å². The average Bonchev–Trinajstić information content (AvgIpc) is 2.95. The third-order valence-electron chi connectivity index (χ3n) is 6.99. The summed E-state index contributed by atoms with van der Waals surface area (Å²) in [7, 11) is 0. The zero-order chi connectivity index (χ0) is 18.0. The van der Waals surface area contributed by atoms with Gasteiger partial charge in [-0.15, -0.1) is 0 Å². The number of hydrogen-bond acceptors (Lipinski definition) is 1. The number of carbonyl (C=O) groups is 1. The van der Waals surface area contributed by atoms with Gasteiger partial charge in [-0.05, 0) is 55.5 Å². The number of fused-ring (bicyclic) bond motifs is 2. The first-order chi connectivity index (χ1) is 11.7. The van der Waals surface area contributed by atoms with Gasteiger partial charge >= 0.3 is 0 Å². The maximum atomic E-state index is 13.7. The van der Waals surface area contributed by atoms with Crippen LogP contribution in [0.1, 0.15) is 51.5 Å². The van der Waals surface area contributed by atoms with Crippen LogP contribution in [-0.2, 0) is 4.79 Å². The Labute approximate surface area is 145 Å². The zero-order valence-electron chi connectivity index (χ0n) is 14.5. The SMILES string of the molecule is CC1=C(c2ccc(F)cc2)CN2C(=O)CC3(CCC(F)(F)CC3)C12C. The molecule has 1 unspecified atom stereocenters. The molecule has 25 heavy (non-hydrogen) atoms. The number of alkyl halides is 2. The van der Waals surface area contributed by atoms with Crippen molar-refractivity contribution in [2.45, 2.75) is 57.4 Å². The van der Waals surface area contributed by atoms with Crippen LogP contribution in [0.3, 0.4) is 0 Å². The Hall–Kier alpha value is -1.78. The van der Waals surface area contributed by atoms with Gasteiger partial charge in [-0.2, -0.15) is 0 Å². The van der Waals surface area contributed by atoms with Gasteiger partial charge in [0.05, 0.1) is 5.54 Å². The van der Waals surface area contributed by atoms with Crippen molar-refractivity contribution in [1.82, 2.24) is 4.90 Å². The minimum atomic E-state index is -2.62. The maximum absolute atomic E-state index is 13.7. The summed E-state index contributed by atoms with van der Waals surface area (Å²) in [5.41, 5.74) is 2.04. The van der Waals surface area contributed by atoms with E-state index in [4.69, 9.17) is 0 Å². The van der Waals surface area contributed by atoms with Gasteiger partial charge in [-0.25, -0.2) is 13.2 Å². The number of benzene rings is 1. The van der Waals surface area contributed by atoms with Gasteiger partial charge < -0.3 is 4.90 Å². The van der Waals surface area contributed by atoms with Crippen LogP contribution in [0, 0.1) is 11.2 Å². The lowest BCUT2D eigenvalue weighted by Crippen LogP contribution is -2.52. The molecule has 1 atom stereocenters. The first kappa shape index (κ1) is 16.7. The molecule has 0 N–H and O–H groups in total. The van der Waals surface area contributed by atoms with E-state index in [1.54, 1.807) is 12.1 Å². The van der Waals surface area contributed by atoms with Crippen molar-refractivity contribution >= 4 is 11.5 Å². The minimum Gasteiger partial charge on any atom is -0.329 e. The van der Waals surface area contributed by atoms with E-state index in [0.29, 0.717) is 25.8 Å². The summed E-state index contributed by atoms with van der Waals surface area (Å²) in [6.07, 6.45) is 0.791. The molecule has 1 amide bonds. The van der Waals surface area contributed by atoms with Crippen LogP contribution in [0.25, 0.3) is 5.57 Å². The van der Waals surface area contributed by atoms with Gasteiger partial charge in [0.15, 0.2) is 0 Å². The molecular formula is C20H22F3NO. The fraction of sp³-hybridized carbons (Fsp3) is 0.550. The zero-order valence-corrected chi connectivity index (χ0v) is 14.5. The number of rotatable bonds is 1. The summed E-state index contributed by atoms with van der Waals surface area (Å²) in [6.45, 7) is 4.52. The largest absolute Gasteiger partial charge is 0.329 e. The lowest BCUT2D eigenvalue weighted by molar-refractivity contribution is -0.129. The molecule has 1 aliphatic carbocycles. The van der Waals surface area contributed by atoms with E-state index in [0.717, 1.165) is 16.7 Å². The molecule has 0 aromatic heterocycles. The molecule has 0 bridgehead atoms. The van der Waals surface area contributed by atoms with E-state index in [2.05, 4.69) is 0 Å². The Bertz CT molecular complexity index is 758. The normalized spacial score (nSPS) is 30.3. The third-order valence-corrected chi connectivity index (χ3v) is 6.99. The van der Waals surface area contributed by atoms with Crippen LogP contribution in [0.2, 0.25) is 0 Å². The van der Waals surface area contributed by atoms with Crippen LogP contribution < -0.4 is 0 Å². The fourth-order valence-corrected chi connectivity index (χ4v) is 5.23. The predicted molar refractivity (Wildman–Crippen MR) is 89.6 cm³/mol. The van der Waals surface area contributed by atoms with Crippen molar-refractivity contribution in [1.29, 1.82) is 0 Å². The molecule has 1 spiro atoms. The topological polar surface area (TPSA) is 20.3 Å². The number of halogens is 3. The van der Waals surface area contributed by atoms with E-state index in [9.17, 15) is 18.0 Å². The number of amides is 1. The third kappa shape index (κ3) is 2.20. The smallest absolute Gasteiger partial charge is 0.248 e. The van der Waals surface area contributed by atoms with Crippen molar-refractivity contribution in [2.24, 2.45) is 5.41 Å². The first-order valence-electron chi connectivity index (χ1n) is 8.83. The van der Waals surface area contributed by atoms with E-state index >= 15 is 0 Å². The van der Waals surface area contributed by atoms with Crippen molar-refractivity contribution in [3.63, 3.8) is 0 Å². The highest BCUT2D eigenvalue weighted by Crippen LogP contribution is 2.62. The second-order valence-corrected chi connectivity index (χ2v) is 7.98. The lowest BCUT2D eigenvalue weighted by atomic mass is 9.60. The quantitative estimate of drug-likeness (QED) is 0.713.